The van der Waals surface area contributed by atoms with Crippen LogP contribution in [0.3, 0.4) is 0 Å². The van der Waals surface area contributed by atoms with E-state index in [0.29, 0.717) is 17.0 Å². The number of likely N-dealkylation sites (tertiary alicyclic amines) is 1. The van der Waals surface area contributed by atoms with E-state index in [9.17, 15) is 4.79 Å². The fourth-order valence-corrected chi connectivity index (χ4v) is 2.70. The first-order valence-electron chi connectivity index (χ1n) is 7.08. The highest BCUT2D eigenvalue weighted by Gasteiger charge is 2.25. The SMILES string of the molecule is CC1CN(C)CCC1NC(=O)c1cccc(/C(N)=N/O)c1. The Hall–Kier alpha value is -2.08. The summed E-state index contributed by atoms with van der Waals surface area (Å²) in [5, 5.41) is 14.7. The summed E-state index contributed by atoms with van der Waals surface area (Å²) >= 11 is 0. The lowest BCUT2D eigenvalue weighted by molar-refractivity contribution is 0.0884. The largest absolute Gasteiger partial charge is 0.409 e. The Balaban J connectivity index is 2.07. The third-order valence-corrected chi connectivity index (χ3v) is 3.95. The number of nitrogens with zero attached hydrogens (tertiary/aromatic N) is 2. The van der Waals surface area contributed by atoms with Crippen molar-refractivity contribution in [1.82, 2.24) is 10.2 Å². The molecule has 1 saturated heterocycles. The van der Waals surface area contributed by atoms with E-state index in [-0.39, 0.29) is 17.8 Å². The molecule has 2 rings (SSSR count). The number of carbonyl (C=O) groups is 1. The van der Waals surface area contributed by atoms with Gasteiger partial charge in [0.2, 0.25) is 0 Å². The van der Waals surface area contributed by atoms with E-state index in [2.05, 4.69) is 29.3 Å². The molecule has 1 aliphatic heterocycles. The number of oxime groups is 1. The smallest absolute Gasteiger partial charge is 0.251 e. The monoisotopic (exact) mass is 290 g/mol. The van der Waals surface area contributed by atoms with E-state index >= 15 is 0 Å². The highest BCUT2D eigenvalue weighted by molar-refractivity contribution is 6.01. The molecule has 2 atom stereocenters. The van der Waals surface area contributed by atoms with Crippen LogP contribution in [-0.4, -0.2) is 48.0 Å². The number of amides is 1. The van der Waals surface area contributed by atoms with Gasteiger partial charge in [-0.15, -0.1) is 0 Å². The van der Waals surface area contributed by atoms with E-state index < -0.39 is 0 Å². The number of carbonyl (C=O) groups excluding carboxylic acids is 1. The van der Waals surface area contributed by atoms with Crippen LogP contribution >= 0.6 is 0 Å². The molecule has 1 fully saturated rings. The highest BCUT2D eigenvalue weighted by atomic mass is 16.4. The second-order valence-electron chi connectivity index (χ2n) is 5.67. The van der Waals surface area contributed by atoms with E-state index in [1.165, 1.54) is 0 Å². The molecule has 1 aliphatic rings. The van der Waals surface area contributed by atoms with Gasteiger partial charge in [0.05, 0.1) is 0 Å². The molecule has 1 aromatic carbocycles. The van der Waals surface area contributed by atoms with Gasteiger partial charge in [0.15, 0.2) is 5.84 Å². The fourth-order valence-electron chi connectivity index (χ4n) is 2.70. The van der Waals surface area contributed by atoms with Gasteiger partial charge in [-0.05, 0) is 38.1 Å². The maximum absolute atomic E-state index is 12.3. The van der Waals surface area contributed by atoms with Crippen LogP contribution in [0.25, 0.3) is 0 Å². The summed E-state index contributed by atoms with van der Waals surface area (Å²) in [6.07, 6.45) is 0.948. The van der Waals surface area contributed by atoms with Crippen LogP contribution < -0.4 is 11.1 Å². The van der Waals surface area contributed by atoms with Gasteiger partial charge in [-0.2, -0.15) is 0 Å². The zero-order valence-electron chi connectivity index (χ0n) is 12.4. The lowest BCUT2D eigenvalue weighted by Crippen LogP contribution is -2.48. The number of piperidine rings is 1. The molecular weight excluding hydrogens is 268 g/mol. The standard InChI is InChI=1S/C15H22N4O2/c1-10-9-19(2)7-6-13(10)17-15(20)12-5-3-4-11(8-12)14(16)18-21/h3-5,8,10,13,21H,6-7,9H2,1-2H3,(H2,16,18)(H,17,20). The molecule has 0 saturated carbocycles. The Morgan fingerprint density at radius 3 is 2.86 bits per heavy atom. The number of hydrogen-bond donors (Lipinski definition) is 3. The van der Waals surface area contributed by atoms with Crippen molar-refractivity contribution < 1.29 is 10.0 Å². The highest BCUT2D eigenvalue weighted by Crippen LogP contribution is 2.16. The molecule has 0 radical (unpaired) electrons. The fraction of sp³-hybridized carbons (Fsp3) is 0.467. The van der Waals surface area contributed by atoms with Crippen LogP contribution in [0.2, 0.25) is 0 Å². The number of rotatable bonds is 3. The number of benzene rings is 1. The van der Waals surface area contributed by atoms with Crippen molar-refractivity contribution in [3.05, 3.63) is 35.4 Å². The van der Waals surface area contributed by atoms with Crippen molar-refractivity contribution in [2.75, 3.05) is 20.1 Å². The topological polar surface area (TPSA) is 91.0 Å². The minimum absolute atomic E-state index is 0.00249. The van der Waals surface area contributed by atoms with Gasteiger partial charge < -0.3 is 21.2 Å². The maximum atomic E-state index is 12.3. The van der Waals surface area contributed by atoms with Gasteiger partial charge in [0, 0.05) is 23.7 Å². The van der Waals surface area contributed by atoms with Crippen LogP contribution in [0.5, 0.6) is 0 Å². The van der Waals surface area contributed by atoms with Gasteiger partial charge in [-0.25, -0.2) is 0 Å². The Morgan fingerprint density at radius 2 is 2.19 bits per heavy atom. The predicted molar refractivity (Wildman–Crippen MR) is 81.5 cm³/mol. The van der Waals surface area contributed by atoms with Crippen molar-refractivity contribution in [3.8, 4) is 0 Å². The second-order valence-corrected chi connectivity index (χ2v) is 5.67. The van der Waals surface area contributed by atoms with Gasteiger partial charge in [-0.3, -0.25) is 4.79 Å². The number of hydrogen-bond acceptors (Lipinski definition) is 4. The number of nitrogens with one attached hydrogen (secondary N) is 1. The Bertz CT molecular complexity index is 544. The normalized spacial score (nSPS) is 23.8. The summed E-state index contributed by atoms with van der Waals surface area (Å²) in [6.45, 7) is 4.11. The lowest BCUT2D eigenvalue weighted by Gasteiger charge is -2.35. The van der Waals surface area contributed by atoms with Gasteiger partial charge in [0.25, 0.3) is 5.91 Å². The first-order valence-corrected chi connectivity index (χ1v) is 7.08. The van der Waals surface area contributed by atoms with E-state index in [1.54, 1.807) is 24.3 Å². The molecular formula is C15H22N4O2. The van der Waals surface area contributed by atoms with E-state index in [1.807, 2.05) is 0 Å². The van der Waals surface area contributed by atoms with E-state index in [0.717, 1.165) is 19.5 Å². The number of nitrogens with two attached hydrogens (primary N) is 1. The Morgan fingerprint density at radius 1 is 1.48 bits per heavy atom. The van der Waals surface area contributed by atoms with Crippen LogP contribution in [0, 0.1) is 5.92 Å². The van der Waals surface area contributed by atoms with Crippen molar-refractivity contribution in [1.29, 1.82) is 0 Å². The van der Waals surface area contributed by atoms with Crippen molar-refractivity contribution in [2.24, 2.45) is 16.8 Å². The summed E-state index contributed by atoms with van der Waals surface area (Å²) in [7, 11) is 2.09. The van der Waals surface area contributed by atoms with Crippen LogP contribution in [0.1, 0.15) is 29.3 Å². The first kappa shape index (κ1) is 15.3. The van der Waals surface area contributed by atoms with Crippen LogP contribution in [0.4, 0.5) is 0 Å². The minimum atomic E-state index is -0.121. The average Bonchev–Trinajstić information content (AvgIpc) is 2.49. The second kappa shape index (κ2) is 6.58. The molecule has 2 unspecified atom stereocenters. The third kappa shape index (κ3) is 3.72. The van der Waals surface area contributed by atoms with Gasteiger partial charge in [0.1, 0.15) is 0 Å². The molecule has 0 spiro atoms. The zero-order chi connectivity index (χ0) is 15.4. The minimum Gasteiger partial charge on any atom is -0.409 e. The quantitative estimate of drug-likeness (QED) is 0.333. The molecule has 4 N–H and O–H groups in total. The van der Waals surface area contributed by atoms with Crippen LogP contribution in [-0.2, 0) is 0 Å². The third-order valence-electron chi connectivity index (χ3n) is 3.95. The lowest BCUT2D eigenvalue weighted by atomic mass is 9.94. The molecule has 1 aromatic rings. The summed E-state index contributed by atoms with van der Waals surface area (Å²) in [5.41, 5.74) is 6.60. The zero-order valence-corrected chi connectivity index (χ0v) is 12.4. The molecule has 6 heteroatoms. The predicted octanol–water partition coefficient (Wildman–Crippen LogP) is 0.851. The molecule has 0 aliphatic carbocycles. The van der Waals surface area contributed by atoms with E-state index in [4.69, 9.17) is 10.9 Å². The van der Waals surface area contributed by atoms with Crippen molar-refractivity contribution in [2.45, 2.75) is 19.4 Å². The first-order chi connectivity index (χ1) is 10.0. The number of amidine groups is 1. The van der Waals surface area contributed by atoms with Gasteiger partial charge in [-0.1, -0.05) is 24.2 Å². The summed E-state index contributed by atoms with van der Waals surface area (Å²) in [5.74, 6) is 0.293. The maximum Gasteiger partial charge on any atom is 0.251 e. The molecule has 1 amide bonds. The molecule has 114 valence electrons. The van der Waals surface area contributed by atoms with Crippen molar-refractivity contribution in [3.63, 3.8) is 0 Å². The van der Waals surface area contributed by atoms with Gasteiger partial charge >= 0.3 is 0 Å². The molecule has 0 bridgehead atoms. The molecule has 21 heavy (non-hydrogen) atoms. The van der Waals surface area contributed by atoms with Crippen LogP contribution in [0.15, 0.2) is 29.4 Å². The Labute approximate surface area is 124 Å². The summed E-state index contributed by atoms with van der Waals surface area (Å²) in [6, 6.07) is 6.96. The summed E-state index contributed by atoms with van der Waals surface area (Å²) < 4.78 is 0. The Kier molecular flexibility index (Phi) is 4.80. The molecule has 6 nitrogen and oxygen atoms in total. The molecule has 0 aromatic heterocycles. The summed E-state index contributed by atoms with van der Waals surface area (Å²) in [4.78, 5) is 14.6. The average molecular weight is 290 g/mol. The van der Waals surface area contributed by atoms with Crippen molar-refractivity contribution >= 4 is 11.7 Å². The molecule has 1 heterocycles.